The molecule has 0 heterocycles. The molecule has 0 radical (unpaired) electrons. The first-order valence-electron chi connectivity index (χ1n) is 5.76. The van der Waals surface area contributed by atoms with Crippen LogP contribution in [0.25, 0.3) is 0 Å². The van der Waals surface area contributed by atoms with E-state index in [-0.39, 0.29) is 0 Å². The molecule has 0 nitrogen and oxygen atoms in total. The van der Waals surface area contributed by atoms with E-state index in [4.69, 9.17) is 0 Å². The van der Waals surface area contributed by atoms with E-state index in [1.807, 2.05) is 0 Å². The van der Waals surface area contributed by atoms with Crippen LogP contribution in [0.5, 0.6) is 0 Å². The van der Waals surface area contributed by atoms with Gasteiger partial charge in [-0.3, -0.25) is 0 Å². The van der Waals surface area contributed by atoms with Crippen LogP contribution in [0.15, 0.2) is 35.5 Å². The first-order valence-corrected chi connectivity index (χ1v) is 5.76. The Morgan fingerprint density at radius 3 is 1.64 bits per heavy atom. The summed E-state index contributed by atoms with van der Waals surface area (Å²) in [6.45, 7) is 4.48. The van der Waals surface area contributed by atoms with Gasteiger partial charge < -0.3 is 0 Å². The second-order valence-electron chi connectivity index (χ2n) is 4.20. The molecule has 1 rings (SSSR count). The highest BCUT2D eigenvalue weighted by Crippen LogP contribution is 2.18. The molecule has 0 unspecified atom stereocenters. The van der Waals surface area contributed by atoms with Gasteiger partial charge in [0.1, 0.15) is 0 Å². The Morgan fingerprint density at radius 2 is 1.21 bits per heavy atom. The van der Waals surface area contributed by atoms with Crippen molar-refractivity contribution >= 4 is 0 Å². The summed E-state index contributed by atoms with van der Waals surface area (Å²) in [4.78, 5) is 0. The average Bonchev–Trinajstić information content (AvgIpc) is 2.21. The van der Waals surface area contributed by atoms with Crippen molar-refractivity contribution in [3.05, 3.63) is 35.5 Å². The molecule has 0 amide bonds. The Labute approximate surface area is 88.4 Å². The first-order chi connectivity index (χ1) is 6.80. The number of hydrogen-bond acceptors (Lipinski definition) is 0. The van der Waals surface area contributed by atoms with E-state index in [0.29, 0.717) is 0 Å². The average molecular weight is 190 g/mol. The van der Waals surface area contributed by atoms with Crippen LogP contribution in [0.2, 0.25) is 0 Å². The molecular weight excluding hydrogens is 168 g/mol. The maximum absolute atomic E-state index is 2.34. The quantitative estimate of drug-likeness (QED) is 0.482. The van der Waals surface area contributed by atoms with Gasteiger partial charge in [-0.25, -0.2) is 0 Å². The molecule has 0 fully saturated rings. The van der Waals surface area contributed by atoms with E-state index in [0.717, 1.165) is 0 Å². The zero-order valence-electron chi connectivity index (χ0n) is 9.55. The predicted molar refractivity (Wildman–Crippen MR) is 64.4 cm³/mol. The molecule has 0 aliphatic heterocycles. The SMILES string of the molecule is CC(C)=C1CCC=CCCC=CCC1. The zero-order valence-corrected chi connectivity index (χ0v) is 9.55. The molecule has 0 aromatic heterocycles. The van der Waals surface area contributed by atoms with Crippen molar-refractivity contribution < 1.29 is 0 Å². The molecule has 1 aliphatic rings. The lowest BCUT2D eigenvalue weighted by molar-refractivity contribution is 0.845. The normalized spacial score (nSPS) is 19.1. The Balaban J connectivity index is 2.57. The summed E-state index contributed by atoms with van der Waals surface area (Å²) in [6, 6.07) is 0. The summed E-state index contributed by atoms with van der Waals surface area (Å²) >= 11 is 0. The topological polar surface area (TPSA) is 0 Å². The molecule has 0 N–H and O–H groups in total. The lowest BCUT2D eigenvalue weighted by atomic mass is 10.00. The molecule has 0 spiro atoms. The van der Waals surface area contributed by atoms with Gasteiger partial charge in [0, 0.05) is 0 Å². The third-order valence-corrected chi connectivity index (χ3v) is 2.77. The Bertz CT molecular complexity index is 217. The van der Waals surface area contributed by atoms with Crippen molar-refractivity contribution in [3.63, 3.8) is 0 Å². The minimum absolute atomic E-state index is 1.21. The smallest absolute Gasteiger partial charge is 0.0283 e. The van der Waals surface area contributed by atoms with E-state index < -0.39 is 0 Å². The first kappa shape index (κ1) is 11.3. The van der Waals surface area contributed by atoms with Gasteiger partial charge in [-0.15, -0.1) is 0 Å². The van der Waals surface area contributed by atoms with Crippen molar-refractivity contribution in [1.82, 2.24) is 0 Å². The summed E-state index contributed by atoms with van der Waals surface area (Å²) in [5, 5.41) is 0. The van der Waals surface area contributed by atoms with E-state index in [1.54, 1.807) is 5.57 Å². The Kier molecular flexibility index (Phi) is 5.36. The third-order valence-electron chi connectivity index (χ3n) is 2.77. The third kappa shape index (κ3) is 4.45. The lowest BCUT2D eigenvalue weighted by Gasteiger charge is -2.06. The maximum Gasteiger partial charge on any atom is -0.0283 e. The summed E-state index contributed by atoms with van der Waals surface area (Å²) in [5.74, 6) is 0. The minimum atomic E-state index is 1.21. The van der Waals surface area contributed by atoms with Gasteiger partial charge in [0.25, 0.3) is 0 Å². The van der Waals surface area contributed by atoms with Crippen LogP contribution in [0.4, 0.5) is 0 Å². The molecule has 0 saturated carbocycles. The summed E-state index contributed by atoms with van der Waals surface area (Å²) < 4.78 is 0. The van der Waals surface area contributed by atoms with Crippen LogP contribution in [0.1, 0.15) is 52.4 Å². The molecule has 0 aromatic rings. The van der Waals surface area contributed by atoms with Crippen LogP contribution >= 0.6 is 0 Å². The van der Waals surface area contributed by atoms with Gasteiger partial charge in [0.15, 0.2) is 0 Å². The van der Waals surface area contributed by atoms with Crippen LogP contribution in [0.3, 0.4) is 0 Å². The molecule has 1 aliphatic carbocycles. The molecule has 0 aromatic carbocycles. The predicted octanol–water partition coefficient (Wildman–Crippen LogP) is 4.79. The summed E-state index contributed by atoms with van der Waals surface area (Å²) in [7, 11) is 0. The molecule has 0 saturated heterocycles. The van der Waals surface area contributed by atoms with Gasteiger partial charge >= 0.3 is 0 Å². The summed E-state index contributed by atoms with van der Waals surface area (Å²) in [6.07, 6.45) is 16.7. The molecule has 0 heteroatoms. The summed E-state index contributed by atoms with van der Waals surface area (Å²) in [5.41, 5.74) is 3.17. The largest absolute Gasteiger partial charge is 0.0882 e. The van der Waals surface area contributed by atoms with Gasteiger partial charge in [0.05, 0.1) is 0 Å². The van der Waals surface area contributed by atoms with Gasteiger partial charge in [0.2, 0.25) is 0 Å². The van der Waals surface area contributed by atoms with Crippen molar-refractivity contribution in [2.24, 2.45) is 0 Å². The molecule has 14 heavy (non-hydrogen) atoms. The fourth-order valence-corrected chi connectivity index (χ4v) is 1.80. The standard InChI is InChI=1S/C14H22/c1-13(2)14-11-9-7-5-3-4-6-8-10-12-14/h5-8H,3-4,9-12H2,1-2H3. The highest BCUT2D eigenvalue weighted by atomic mass is 14.0. The molecule has 78 valence electrons. The van der Waals surface area contributed by atoms with Crippen molar-refractivity contribution in [3.8, 4) is 0 Å². The minimum Gasteiger partial charge on any atom is -0.0882 e. The Morgan fingerprint density at radius 1 is 0.786 bits per heavy atom. The van der Waals surface area contributed by atoms with E-state index in [1.165, 1.54) is 44.1 Å². The Hall–Kier alpha value is -0.780. The van der Waals surface area contributed by atoms with E-state index in [2.05, 4.69) is 38.2 Å². The number of hydrogen-bond donors (Lipinski definition) is 0. The van der Waals surface area contributed by atoms with Gasteiger partial charge in [-0.1, -0.05) is 35.5 Å². The van der Waals surface area contributed by atoms with Crippen LogP contribution in [-0.4, -0.2) is 0 Å². The second-order valence-corrected chi connectivity index (χ2v) is 4.20. The maximum atomic E-state index is 2.34. The molecular formula is C14H22. The van der Waals surface area contributed by atoms with Crippen molar-refractivity contribution in [2.45, 2.75) is 52.4 Å². The van der Waals surface area contributed by atoms with Crippen LogP contribution < -0.4 is 0 Å². The van der Waals surface area contributed by atoms with Gasteiger partial charge in [-0.05, 0) is 52.4 Å². The number of allylic oxidation sites excluding steroid dienone is 6. The monoisotopic (exact) mass is 190 g/mol. The van der Waals surface area contributed by atoms with Crippen molar-refractivity contribution in [2.75, 3.05) is 0 Å². The highest BCUT2D eigenvalue weighted by Gasteiger charge is 1.98. The van der Waals surface area contributed by atoms with Crippen molar-refractivity contribution in [1.29, 1.82) is 0 Å². The van der Waals surface area contributed by atoms with Crippen LogP contribution in [-0.2, 0) is 0 Å². The lowest BCUT2D eigenvalue weighted by Crippen LogP contribution is -1.86. The van der Waals surface area contributed by atoms with Crippen LogP contribution in [0, 0.1) is 0 Å². The van der Waals surface area contributed by atoms with E-state index in [9.17, 15) is 0 Å². The highest BCUT2D eigenvalue weighted by molar-refractivity contribution is 5.12. The fraction of sp³-hybridized carbons (Fsp3) is 0.571. The fourth-order valence-electron chi connectivity index (χ4n) is 1.80. The van der Waals surface area contributed by atoms with Gasteiger partial charge in [-0.2, -0.15) is 0 Å². The molecule has 0 atom stereocenters. The second kappa shape index (κ2) is 6.64. The zero-order chi connectivity index (χ0) is 10.2. The van der Waals surface area contributed by atoms with E-state index >= 15 is 0 Å². The number of rotatable bonds is 0. The molecule has 0 bridgehead atoms.